The molecule has 29 heavy (non-hydrogen) atoms. The van der Waals surface area contributed by atoms with Crippen LogP contribution in [-0.2, 0) is 9.59 Å². The highest BCUT2D eigenvalue weighted by Gasteiger charge is 2.50. The molecule has 2 N–H and O–H groups in total. The van der Waals surface area contributed by atoms with E-state index in [1.807, 2.05) is 19.9 Å². The minimum absolute atomic E-state index is 0.158. The lowest BCUT2D eigenvalue weighted by atomic mass is 9.91. The SMILES string of the molecule is Cc1cc(C)nc(N2NC3NC(COc4ccc(Cl)cc4Cl)CC(=O)C3C2=O)n1. The number of piperidine rings is 1. The summed E-state index contributed by atoms with van der Waals surface area (Å²) < 4.78 is 5.74. The molecule has 0 radical (unpaired) electrons. The maximum Gasteiger partial charge on any atom is 0.257 e. The molecular formula is C19H19Cl2N5O3. The Bertz CT molecular complexity index is 966. The minimum Gasteiger partial charge on any atom is -0.490 e. The van der Waals surface area contributed by atoms with Gasteiger partial charge in [-0.15, -0.1) is 0 Å². The number of hydrogen-bond acceptors (Lipinski definition) is 7. The van der Waals surface area contributed by atoms with E-state index < -0.39 is 12.1 Å². The Kier molecular flexibility index (Phi) is 5.44. The average Bonchev–Trinajstić information content (AvgIpc) is 2.97. The van der Waals surface area contributed by atoms with E-state index >= 15 is 0 Å². The van der Waals surface area contributed by atoms with Crippen LogP contribution in [-0.4, -0.2) is 40.5 Å². The predicted octanol–water partition coefficient (Wildman–Crippen LogP) is 2.20. The molecule has 2 aliphatic rings. The molecule has 1 aromatic carbocycles. The van der Waals surface area contributed by atoms with E-state index in [-0.39, 0.29) is 36.7 Å². The lowest BCUT2D eigenvalue weighted by Crippen LogP contribution is -2.57. The Hall–Kier alpha value is -2.26. The van der Waals surface area contributed by atoms with Gasteiger partial charge in [-0.05, 0) is 38.1 Å². The summed E-state index contributed by atoms with van der Waals surface area (Å²) in [6.45, 7) is 3.86. The molecule has 3 heterocycles. The number of carbonyl (C=O) groups excluding carboxylic acids is 2. The van der Waals surface area contributed by atoms with Crippen LogP contribution >= 0.6 is 23.2 Å². The van der Waals surface area contributed by atoms with Crippen LogP contribution in [0.1, 0.15) is 17.8 Å². The number of rotatable bonds is 4. The minimum atomic E-state index is -0.824. The van der Waals surface area contributed by atoms with Gasteiger partial charge in [-0.3, -0.25) is 14.9 Å². The predicted molar refractivity (Wildman–Crippen MR) is 108 cm³/mol. The van der Waals surface area contributed by atoms with Crippen molar-refractivity contribution in [3.63, 3.8) is 0 Å². The van der Waals surface area contributed by atoms with Gasteiger partial charge in [0.15, 0.2) is 0 Å². The maximum atomic E-state index is 12.8. The average molecular weight is 436 g/mol. The molecule has 0 spiro atoms. The number of fused-ring (bicyclic) bond motifs is 1. The molecule has 1 aromatic heterocycles. The third-order valence-electron chi connectivity index (χ3n) is 4.80. The fourth-order valence-electron chi connectivity index (χ4n) is 3.55. The molecule has 2 aliphatic heterocycles. The highest BCUT2D eigenvalue weighted by Crippen LogP contribution is 2.29. The molecule has 0 saturated carbocycles. The number of anilines is 1. The van der Waals surface area contributed by atoms with Gasteiger partial charge < -0.3 is 4.74 Å². The Labute approximate surface area is 177 Å². The molecule has 0 aliphatic carbocycles. The van der Waals surface area contributed by atoms with Crippen molar-refractivity contribution < 1.29 is 14.3 Å². The van der Waals surface area contributed by atoms with E-state index in [9.17, 15) is 9.59 Å². The number of carbonyl (C=O) groups is 2. The number of hydrogen-bond donors (Lipinski definition) is 2. The summed E-state index contributed by atoms with van der Waals surface area (Å²) in [5.74, 6) is -0.633. The van der Waals surface area contributed by atoms with Crippen molar-refractivity contribution in [3.05, 3.63) is 45.7 Å². The fraction of sp³-hybridized carbons (Fsp3) is 0.368. The first-order valence-corrected chi connectivity index (χ1v) is 9.86. The van der Waals surface area contributed by atoms with Crippen LogP contribution in [0.25, 0.3) is 0 Å². The number of benzene rings is 1. The smallest absolute Gasteiger partial charge is 0.257 e. The number of aryl methyl sites for hydroxylation is 2. The molecule has 2 aromatic rings. The number of halogens is 2. The summed E-state index contributed by atoms with van der Waals surface area (Å²) in [5, 5.41) is 5.42. The molecule has 4 rings (SSSR count). The van der Waals surface area contributed by atoms with Crippen LogP contribution in [0, 0.1) is 19.8 Å². The first-order chi connectivity index (χ1) is 13.8. The summed E-state index contributed by atoms with van der Waals surface area (Å²) in [6.07, 6.45) is -0.385. The molecule has 2 saturated heterocycles. The van der Waals surface area contributed by atoms with Gasteiger partial charge in [0.1, 0.15) is 24.1 Å². The fourth-order valence-corrected chi connectivity index (χ4v) is 4.02. The van der Waals surface area contributed by atoms with Crippen LogP contribution in [0.4, 0.5) is 5.95 Å². The van der Waals surface area contributed by atoms with Crippen molar-refractivity contribution in [2.24, 2.45) is 5.92 Å². The van der Waals surface area contributed by atoms with Crippen LogP contribution in [0.15, 0.2) is 24.3 Å². The molecule has 8 nitrogen and oxygen atoms in total. The molecule has 2 fully saturated rings. The lowest BCUT2D eigenvalue weighted by molar-refractivity contribution is -0.133. The Balaban J connectivity index is 1.46. The number of Topliss-reactive ketones (excluding diaryl/α,β-unsaturated/α-hetero) is 1. The van der Waals surface area contributed by atoms with Gasteiger partial charge in [-0.2, -0.15) is 0 Å². The summed E-state index contributed by atoms with van der Waals surface area (Å²) in [7, 11) is 0. The van der Waals surface area contributed by atoms with E-state index in [1.165, 1.54) is 5.01 Å². The Morgan fingerprint density at radius 3 is 2.59 bits per heavy atom. The van der Waals surface area contributed by atoms with Crippen LogP contribution in [0.5, 0.6) is 5.75 Å². The second-order valence-corrected chi connectivity index (χ2v) is 7.97. The van der Waals surface area contributed by atoms with E-state index in [4.69, 9.17) is 27.9 Å². The maximum absolute atomic E-state index is 12.8. The van der Waals surface area contributed by atoms with E-state index in [2.05, 4.69) is 20.7 Å². The molecule has 3 atom stereocenters. The van der Waals surface area contributed by atoms with Crippen molar-refractivity contribution in [1.82, 2.24) is 20.7 Å². The van der Waals surface area contributed by atoms with E-state index in [1.54, 1.807) is 18.2 Å². The van der Waals surface area contributed by atoms with Crippen LogP contribution in [0.3, 0.4) is 0 Å². The van der Waals surface area contributed by atoms with Crippen LogP contribution in [0.2, 0.25) is 10.0 Å². The summed E-state index contributed by atoms with van der Waals surface area (Å²) in [4.78, 5) is 34.1. The molecule has 0 bridgehead atoms. The molecular weight excluding hydrogens is 417 g/mol. The van der Waals surface area contributed by atoms with Gasteiger partial charge in [-0.1, -0.05) is 23.2 Å². The molecule has 152 valence electrons. The van der Waals surface area contributed by atoms with Gasteiger partial charge in [0.25, 0.3) is 5.91 Å². The monoisotopic (exact) mass is 435 g/mol. The highest BCUT2D eigenvalue weighted by molar-refractivity contribution is 6.35. The van der Waals surface area contributed by atoms with Crippen molar-refractivity contribution in [2.75, 3.05) is 11.6 Å². The van der Waals surface area contributed by atoms with Crippen molar-refractivity contribution in [3.8, 4) is 5.75 Å². The zero-order chi connectivity index (χ0) is 20.7. The lowest BCUT2D eigenvalue weighted by Gasteiger charge is -2.30. The normalized spacial score (nSPS) is 24.0. The zero-order valence-corrected chi connectivity index (χ0v) is 17.3. The standard InChI is InChI=1S/C19H19Cl2N5O3/c1-9-5-10(2)23-19(22-9)26-18(28)16-14(27)7-12(24-17(16)25-26)8-29-15-4-3-11(20)6-13(15)21/h3-6,12,16-17,24-25H,7-8H2,1-2H3. The number of ketones is 1. The number of nitrogens with one attached hydrogen (secondary N) is 2. The number of ether oxygens (including phenoxy) is 1. The van der Waals surface area contributed by atoms with Gasteiger partial charge >= 0.3 is 0 Å². The summed E-state index contributed by atoms with van der Waals surface area (Å²) >= 11 is 12.0. The summed E-state index contributed by atoms with van der Waals surface area (Å²) in [5.41, 5.74) is 4.50. The topological polar surface area (TPSA) is 96.5 Å². The second-order valence-electron chi connectivity index (χ2n) is 7.13. The van der Waals surface area contributed by atoms with Crippen molar-refractivity contribution in [2.45, 2.75) is 32.5 Å². The first-order valence-electron chi connectivity index (χ1n) is 9.11. The zero-order valence-electron chi connectivity index (χ0n) is 15.8. The number of amides is 1. The summed E-state index contributed by atoms with van der Waals surface area (Å²) in [6, 6.07) is 6.48. The third kappa shape index (κ3) is 4.06. The van der Waals surface area contributed by atoms with Crippen molar-refractivity contribution >= 4 is 40.8 Å². The molecule has 10 heteroatoms. The number of nitrogens with zero attached hydrogens (tertiary/aromatic N) is 3. The second kappa shape index (κ2) is 7.87. The Morgan fingerprint density at radius 1 is 1.17 bits per heavy atom. The van der Waals surface area contributed by atoms with Crippen LogP contribution < -0.4 is 20.5 Å². The van der Waals surface area contributed by atoms with Gasteiger partial charge in [-0.25, -0.2) is 20.4 Å². The van der Waals surface area contributed by atoms with E-state index in [0.717, 1.165) is 11.4 Å². The molecule has 1 amide bonds. The largest absolute Gasteiger partial charge is 0.490 e. The highest BCUT2D eigenvalue weighted by atomic mass is 35.5. The third-order valence-corrected chi connectivity index (χ3v) is 5.33. The van der Waals surface area contributed by atoms with E-state index in [0.29, 0.717) is 15.8 Å². The Morgan fingerprint density at radius 2 is 1.90 bits per heavy atom. The first kappa shape index (κ1) is 20.0. The van der Waals surface area contributed by atoms with Crippen molar-refractivity contribution in [1.29, 1.82) is 0 Å². The molecule has 3 unspecified atom stereocenters. The van der Waals surface area contributed by atoms with Gasteiger partial charge in [0.05, 0.1) is 11.2 Å². The number of aromatic nitrogens is 2. The number of hydrazine groups is 1. The van der Waals surface area contributed by atoms with Gasteiger partial charge in [0, 0.05) is 28.9 Å². The van der Waals surface area contributed by atoms with Gasteiger partial charge in [0.2, 0.25) is 5.95 Å². The quantitative estimate of drug-likeness (QED) is 0.710.